The molecule has 9 heteroatoms. The zero-order valence-electron chi connectivity index (χ0n) is 16.0. The van der Waals surface area contributed by atoms with Crippen molar-refractivity contribution in [3.63, 3.8) is 0 Å². The third-order valence-electron chi connectivity index (χ3n) is 4.24. The molecule has 4 rings (SSSR count). The molecule has 3 aromatic heterocycles. The summed E-state index contributed by atoms with van der Waals surface area (Å²) in [5.41, 5.74) is 0.987. The first-order valence-corrected chi connectivity index (χ1v) is 11.1. The maximum Gasteiger partial charge on any atom is 0.231 e. The third-order valence-corrected chi connectivity index (χ3v) is 6.05. The van der Waals surface area contributed by atoms with Crippen LogP contribution in [0.5, 0.6) is 0 Å². The largest absolute Gasteiger partial charge is 0.461 e. The number of amides is 1. The molecule has 3 heterocycles. The number of aromatic nitrogens is 4. The van der Waals surface area contributed by atoms with Crippen LogP contribution >= 0.6 is 23.1 Å². The van der Waals surface area contributed by atoms with E-state index >= 15 is 0 Å². The second-order valence-corrected chi connectivity index (χ2v) is 8.12. The number of nitrogens with zero attached hydrogens (tertiary/aromatic N) is 4. The lowest BCUT2D eigenvalue weighted by molar-refractivity contribution is -0.119. The third kappa shape index (κ3) is 4.52. The van der Waals surface area contributed by atoms with E-state index in [0.29, 0.717) is 23.3 Å². The molecular formula is C21H19N5O2S2. The van der Waals surface area contributed by atoms with E-state index in [9.17, 15) is 4.79 Å². The van der Waals surface area contributed by atoms with E-state index in [0.717, 1.165) is 10.6 Å². The van der Waals surface area contributed by atoms with Crippen molar-refractivity contribution in [3.05, 3.63) is 83.5 Å². The van der Waals surface area contributed by atoms with Crippen LogP contribution in [0.3, 0.4) is 0 Å². The number of carbonyl (C=O) groups is 1. The predicted molar refractivity (Wildman–Crippen MR) is 117 cm³/mol. The predicted octanol–water partition coefficient (Wildman–Crippen LogP) is 4.18. The molecule has 152 valence electrons. The van der Waals surface area contributed by atoms with Gasteiger partial charge in [-0.05, 0) is 17.7 Å². The SMILES string of the molecule is C=CCn1c(SCC(=O)NC(c2ccccc2)c2nccs2)nnc1-c1ccco1. The molecular weight excluding hydrogens is 418 g/mol. The van der Waals surface area contributed by atoms with Gasteiger partial charge in [0.2, 0.25) is 11.7 Å². The van der Waals surface area contributed by atoms with Gasteiger partial charge in [-0.2, -0.15) is 0 Å². The molecule has 0 fully saturated rings. The van der Waals surface area contributed by atoms with E-state index in [1.807, 2.05) is 46.3 Å². The Morgan fingerprint density at radius 2 is 2.13 bits per heavy atom. The minimum Gasteiger partial charge on any atom is -0.461 e. The molecule has 0 saturated heterocycles. The van der Waals surface area contributed by atoms with Gasteiger partial charge >= 0.3 is 0 Å². The quantitative estimate of drug-likeness (QED) is 0.312. The topological polar surface area (TPSA) is 85.8 Å². The van der Waals surface area contributed by atoms with Crippen LogP contribution in [-0.4, -0.2) is 31.4 Å². The van der Waals surface area contributed by atoms with Crippen molar-refractivity contribution in [2.75, 3.05) is 5.75 Å². The Labute approximate surface area is 181 Å². The van der Waals surface area contributed by atoms with Crippen LogP contribution in [0.1, 0.15) is 16.6 Å². The summed E-state index contributed by atoms with van der Waals surface area (Å²) < 4.78 is 7.31. The lowest BCUT2D eigenvalue weighted by Gasteiger charge is -2.17. The molecule has 1 atom stereocenters. The summed E-state index contributed by atoms with van der Waals surface area (Å²) in [5, 5.41) is 14.9. The maximum atomic E-state index is 12.7. The molecule has 0 saturated carbocycles. The fraction of sp³-hybridized carbons (Fsp3) is 0.143. The van der Waals surface area contributed by atoms with Crippen LogP contribution < -0.4 is 5.32 Å². The molecule has 1 N–H and O–H groups in total. The number of thiazole rings is 1. The summed E-state index contributed by atoms with van der Waals surface area (Å²) in [5.74, 6) is 1.31. The van der Waals surface area contributed by atoms with Crippen LogP contribution in [0.15, 0.2) is 82.5 Å². The van der Waals surface area contributed by atoms with Gasteiger partial charge in [-0.3, -0.25) is 9.36 Å². The van der Waals surface area contributed by atoms with Gasteiger partial charge in [-0.15, -0.1) is 28.1 Å². The number of nitrogens with one attached hydrogen (secondary N) is 1. The molecule has 4 aromatic rings. The summed E-state index contributed by atoms with van der Waals surface area (Å²) in [6.45, 7) is 4.31. The molecule has 0 aliphatic carbocycles. The molecule has 0 aliphatic heterocycles. The lowest BCUT2D eigenvalue weighted by Crippen LogP contribution is -2.30. The lowest BCUT2D eigenvalue weighted by atomic mass is 10.1. The zero-order chi connectivity index (χ0) is 20.8. The maximum absolute atomic E-state index is 12.7. The molecule has 7 nitrogen and oxygen atoms in total. The summed E-state index contributed by atoms with van der Waals surface area (Å²) >= 11 is 2.83. The number of allylic oxidation sites excluding steroid dienone is 1. The van der Waals surface area contributed by atoms with Gasteiger partial charge in [0.05, 0.1) is 12.0 Å². The van der Waals surface area contributed by atoms with Crippen molar-refractivity contribution in [2.45, 2.75) is 17.7 Å². The molecule has 1 amide bonds. The molecule has 0 radical (unpaired) electrons. The highest BCUT2D eigenvalue weighted by atomic mass is 32.2. The Hall–Kier alpha value is -3.17. The van der Waals surface area contributed by atoms with Gasteiger partial charge in [-0.25, -0.2) is 4.98 Å². The molecule has 1 aromatic carbocycles. The van der Waals surface area contributed by atoms with E-state index in [1.165, 1.54) is 23.1 Å². The average molecular weight is 438 g/mol. The minimum absolute atomic E-state index is 0.114. The number of hydrogen-bond donors (Lipinski definition) is 1. The van der Waals surface area contributed by atoms with Gasteiger partial charge in [-0.1, -0.05) is 48.2 Å². The molecule has 0 aliphatic rings. The van der Waals surface area contributed by atoms with Crippen molar-refractivity contribution in [1.29, 1.82) is 0 Å². The molecule has 30 heavy (non-hydrogen) atoms. The summed E-state index contributed by atoms with van der Waals surface area (Å²) in [4.78, 5) is 17.1. The Morgan fingerprint density at radius 3 is 2.83 bits per heavy atom. The van der Waals surface area contributed by atoms with Gasteiger partial charge < -0.3 is 9.73 Å². The highest BCUT2D eigenvalue weighted by Crippen LogP contribution is 2.26. The number of benzene rings is 1. The van der Waals surface area contributed by atoms with Crippen LogP contribution in [0.25, 0.3) is 11.6 Å². The van der Waals surface area contributed by atoms with Crippen molar-refractivity contribution in [2.24, 2.45) is 0 Å². The van der Waals surface area contributed by atoms with E-state index in [-0.39, 0.29) is 17.7 Å². The van der Waals surface area contributed by atoms with E-state index < -0.39 is 0 Å². The fourth-order valence-electron chi connectivity index (χ4n) is 2.92. The normalized spacial score (nSPS) is 11.9. The number of hydrogen-bond acceptors (Lipinski definition) is 7. The molecule has 0 spiro atoms. The summed E-state index contributed by atoms with van der Waals surface area (Å²) in [6, 6.07) is 13.1. The van der Waals surface area contributed by atoms with Crippen LogP contribution in [0.2, 0.25) is 0 Å². The standard InChI is InChI=1S/C21H19N5O2S2/c1-2-11-26-19(16-9-6-12-28-16)24-25-21(26)30-14-17(27)23-18(20-22-10-13-29-20)15-7-4-3-5-8-15/h2-10,12-13,18H,1,11,14H2,(H,23,27). The Morgan fingerprint density at radius 1 is 1.27 bits per heavy atom. The minimum atomic E-state index is -0.288. The van der Waals surface area contributed by atoms with Gasteiger partial charge in [0, 0.05) is 18.1 Å². The monoisotopic (exact) mass is 437 g/mol. The van der Waals surface area contributed by atoms with Crippen LogP contribution in [0.4, 0.5) is 0 Å². The summed E-state index contributed by atoms with van der Waals surface area (Å²) in [7, 11) is 0. The van der Waals surface area contributed by atoms with Crippen LogP contribution in [-0.2, 0) is 11.3 Å². The van der Waals surface area contributed by atoms with Gasteiger partial charge in [0.25, 0.3) is 0 Å². The first kappa shape index (κ1) is 20.1. The number of carbonyl (C=O) groups excluding carboxylic acids is 1. The average Bonchev–Trinajstić information content (AvgIpc) is 3.53. The van der Waals surface area contributed by atoms with Gasteiger partial charge in [0.15, 0.2) is 10.9 Å². The van der Waals surface area contributed by atoms with E-state index in [2.05, 4.69) is 27.1 Å². The Balaban J connectivity index is 1.47. The van der Waals surface area contributed by atoms with Gasteiger partial charge in [0.1, 0.15) is 11.0 Å². The van der Waals surface area contributed by atoms with E-state index in [1.54, 1.807) is 24.6 Å². The molecule has 1 unspecified atom stereocenters. The second kappa shape index (κ2) is 9.55. The second-order valence-electron chi connectivity index (χ2n) is 6.25. The van der Waals surface area contributed by atoms with Crippen LogP contribution in [0, 0.1) is 0 Å². The summed E-state index contributed by atoms with van der Waals surface area (Å²) in [6.07, 6.45) is 5.09. The smallest absolute Gasteiger partial charge is 0.231 e. The highest BCUT2D eigenvalue weighted by molar-refractivity contribution is 7.99. The Kier molecular flexibility index (Phi) is 6.41. The van der Waals surface area contributed by atoms with Crippen molar-refractivity contribution in [3.8, 4) is 11.6 Å². The number of rotatable bonds is 9. The highest BCUT2D eigenvalue weighted by Gasteiger charge is 2.21. The van der Waals surface area contributed by atoms with Crippen molar-refractivity contribution >= 4 is 29.0 Å². The zero-order valence-corrected chi connectivity index (χ0v) is 17.6. The first-order valence-electron chi connectivity index (χ1n) is 9.20. The first-order chi connectivity index (χ1) is 14.8. The van der Waals surface area contributed by atoms with Crippen molar-refractivity contribution in [1.82, 2.24) is 25.1 Å². The molecule has 0 bridgehead atoms. The number of furan rings is 1. The number of thioether (sulfide) groups is 1. The van der Waals surface area contributed by atoms with Crippen molar-refractivity contribution < 1.29 is 9.21 Å². The fourth-order valence-corrected chi connectivity index (χ4v) is 4.39. The Bertz CT molecular complexity index is 1090. The van der Waals surface area contributed by atoms with E-state index in [4.69, 9.17) is 4.42 Å².